The van der Waals surface area contributed by atoms with Crippen molar-refractivity contribution >= 4 is 12.3 Å². The molecule has 156 valence electrons. The van der Waals surface area contributed by atoms with Gasteiger partial charge in [0.05, 0.1) is 12.7 Å². The lowest BCUT2D eigenvalue weighted by Crippen LogP contribution is -2.69. The van der Waals surface area contributed by atoms with Crippen molar-refractivity contribution in [2.45, 2.75) is 56.6 Å². The minimum absolute atomic E-state index is 0.0862. The Morgan fingerprint density at radius 3 is 2.75 bits per heavy atom. The van der Waals surface area contributed by atoms with Crippen molar-refractivity contribution in [3.8, 4) is 5.75 Å². The topological polar surface area (TPSA) is 114 Å². The van der Waals surface area contributed by atoms with Gasteiger partial charge in [-0.1, -0.05) is 6.07 Å². The Balaban J connectivity index is 0.00000136. The Hall–Kier alpha value is -1.96. The van der Waals surface area contributed by atoms with Crippen molar-refractivity contribution in [1.29, 1.82) is 0 Å². The Labute approximate surface area is 167 Å². The van der Waals surface area contributed by atoms with Crippen LogP contribution in [0.25, 0.3) is 0 Å². The van der Waals surface area contributed by atoms with Crippen molar-refractivity contribution in [2.75, 3.05) is 20.7 Å². The number of aliphatic hydroxyl groups is 1. The SMILES string of the molecule is CN.COc1ccc(C)c(C23CCNC(C)C2(O)CCC(C(=O)NC=O)C3)c1. The van der Waals surface area contributed by atoms with Gasteiger partial charge in [-0.3, -0.25) is 14.9 Å². The fourth-order valence-electron chi connectivity index (χ4n) is 5.07. The van der Waals surface area contributed by atoms with Gasteiger partial charge in [-0.25, -0.2) is 0 Å². The fraction of sp³-hybridized carbons (Fsp3) is 0.619. The largest absolute Gasteiger partial charge is 0.497 e. The lowest BCUT2D eigenvalue weighted by atomic mass is 9.51. The van der Waals surface area contributed by atoms with Crippen LogP contribution >= 0.6 is 0 Å². The number of ether oxygens (including phenoxy) is 1. The number of hydrogen-bond donors (Lipinski definition) is 4. The van der Waals surface area contributed by atoms with Crippen molar-refractivity contribution in [2.24, 2.45) is 11.7 Å². The van der Waals surface area contributed by atoms with Crippen LogP contribution in [0.1, 0.15) is 43.7 Å². The number of nitrogens with two attached hydrogens (primary N) is 1. The minimum Gasteiger partial charge on any atom is -0.497 e. The van der Waals surface area contributed by atoms with Gasteiger partial charge in [0, 0.05) is 17.4 Å². The zero-order valence-corrected chi connectivity index (χ0v) is 17.2. The van der Waals surface area contributed by atoms with Crippen LogP contribution in [0.4, 0.5) is 0 Å². The number of imide groups is 1. The molecule has 0 aromatic heterocycles. The number of rotatable bonds is 4. The lowest BCUT2D eigenvalue weighted by Gasteiger charge is -2.58. The highest BCUT2D eigenvalue weighted by atomic mass is 16.5. The Morgan fingerprint density at radius 2 is 2.11 bits per heavy atom. The summed E-state index contributed by atoms with van der Waals surface area (Å²) in [5.41, 5.74) is 5.10. The van der Waals surface area contributed by atoms with Gasteiger partial charge < -0.3 is 20.9 Å². The lowest BCUT2D eigenvalue weighted by molar-refractivity contribution is -0.144. The summed E-state index contributed by atoms with van der Waals surface area (Å²) < 4.78 is 5.43. The number of methoxy groups -OCH3 is 1. The summed E-state index contributed by atoms with van der Waals surface area (Å²) in [4.78, 5) is 23.1. The number of carbonyl (C=O) groups is 2. The molecule has 2 fully saturated rings. The van der Waals surface area contributed by atoms with Crippen molar-refractivity contribution < 1.29 is 19.4 Å². The Morgan fingerprint density at radius 1 is 1.39 bits per heavy atom. The first kappa shape index (κ1) is 22.3. The maximum atomic E-state index is 12.4. The summed E-state index contributed by atoms with van der Waals surface area (Å²) in [6, 6.07) is 5.83. The van der Waals surface area contributed by atoms with Crippen LogP contribution in [0, 0.1) is 12.8 Å². The minimum atomic E-state index is -0.958. The van der Waals surface area contributed by atoms with Gasteiger partial charge in [-0.2, -0.15) is 0 Å². The van der Waals surface area contributed by atoms with E-state index in [1.807, 2.05) is 32.0 Å². The van der Waals surface area contributed by atoms with Crippen molar-refractivity contribution in [3.05, 3.63) is 29.3 Å². The highest BCUT2D eigenvalue weighted by molar-refractivity contribution is 5.87. The Bertz CT molecular complexity index is 711. The summed E-state index contributed by atoms with van der Waals surface area (Å²) in [5.74, 6) is 0.192. The number of amides is 2. The number of hydrogen-bond acceptors (Lipinski definition) is 6. The second-order valence-electron chi connectivity index (χ2n) is 7.68. The van der Waals surface area contributed by atoms with Crippen LogP contribution in [0.5, 0.6) is 5.75 Å². The number of carbonyl (C=O) groups excluding carboxylic acids is 2. The third kappa shape index (κ3) is 3.66. The molecule has 2 aliphatic rings. The third-order valence-electron chi connectivity index (χ3n) is 6.55. The summed E-state index contributed by atoms with van der Waals surface area (Å²) in [7, 11) is 3.13. The Kier molecular flexibility index (Phi) is 7.20. The van der Waals surface area contributed by atoms with E-state index >= 15 is 0 Å². The fourth-order valence-corrected chi connectivity index (χ4v) is 5.07. The van der Waals surface area contributed by atoms with Gasteiger partial charge in [0.2, 0.25) is 12.3 Å². The predicted molar refractivity (Wildman–Crippen MR) is 108 cm³/mol. The first-order chi connectivity index (χ1) is 13.4. The molecule has 7 heteroatoms. The van der Waals surface area contributed by atoms with E-state index in [0.29, 0.717) is 25.7 Å². The molecule has 1 aromatic rings. The monoisotopic (exact) mass is 391 g/mol. The average Bonchev–Trinajstić information content (AvgIpc) is 2.71. The van der Waals surface area contributed by atoms with Crippen molar-refractivity contribution in [1.82, 2.24) is 10.6 Å². The number of fused-ring (bicyclic) bond motifs is 1. The van der Waals surface area contributed by atoms with Gasteiger partial charge in [0.15, 0.2) is 0 Å². The maximum absolute atomic E-state index is 12.4. The first-order valence-corrected chi connectivity index (χ1v) is 9.80. The smallest absolute Gasteiger partial charge is 0.229 e. The van der Waals surface area contributed by atoms with Crippen LogP contribution in [0.3, 0.4) is 0 Å². The molecule has 4 atom stereocenters. The highest BCUT2D eigenvalue weighted by Gasteiger charge is 2.60. The molecule has 3 rings (SSSR count). The summed E-state index contributed by atoms with van der Waals surface area (Å²) in [5, 5.41) is 17.5. The molecule has 0 spiro atoms. The molecule has 28 heavy (non-hydrogen) atoms. The number of aryl methyl sites for hydroxylation is 1. The zero-order chi connectivity index (χ0) is 20.9. The molecule has 1 aliphatic heterocycles. The van der Waals surface area contributed by atoms with Crippen LogP contribution < -0.4 is 21.1 Å². The predicted octanol–water partition coefficient (Wildman–Crippen LogP) is 1.00. The van der Waals surface area contributed by atoms with E-state index in [0.717, 1.165) is 29.8 Å². The van der Waals surface area contributed by atoms with E-state index in [1.165, 1.54) is 7.05 Å². The van der Waals surface area contributed by atoms with Gasteiger partial charge >= 0.3 is 0 Å². The highest BCUT2D eigenvalue weighted by Crippen LogP contribution is 2.54. The van der Waals surface area contributed by atoms with Gasteiger partial charge in [-0.05, 0) is 76.4 Å². The second-order valence-corrected chi connectivity index (χ2v) is 7.68. The van der Waals surface area contributed by atoms with Crippen molar-refractivity contribution in [3.63, 3.8) is 0 Å². The number of piperidine rings is 1. The molecular formula is C21H33N3O4. The van der Waals surface area contributed by atoms with Gasteiger partial charge in [-0.15, -0.1) is 0 Å². The van der Waals surface area contributed by atoms with E-state index in [2.05, 4.69) is 16.4 Å². The number of benzene rings is 1. The molecule has 1 heterocycles. The van der Waals surface area contributed by atoms with Crippen LogP contribution in [0.15, 0.2) is 18.2 Å². The normalized spacial score (nSPS) is 31.6. The van der Waals surface area contributed by atoms with Crippen LogP contribution in [-0.4, -0.2) is 49.8 Å². The van der Waals surface area contributed by atoms with Crippen LogP contribution in [0.2, 0.25) is 0 Å². The molecular weight excluding hydrogens is 358 g/mol. The molecule has 5 N–H and O–H groups in total. The van der Waals surface area contributed by atoms with E-state index in [4.69, 9.17) is 4.74 Å². The quantitative estimate of drug-likeness (QED) is 0.570. The molecule has 2 amide bonds. The zero-order valence-electron chi connectivity index (χ0n) is 17.2. The van der Waals surface area contributed by atoms with E-state index in [9.17, 15) is 14.7 Å². The molecule has 1 saturated heterocycles. The van der Waals surface area contributed by atoms with E-state index in [-0.39, 0.29) is 17.9 Å². The maximum Gasteiger partial charge on any atom is 0.229 e. The molecule has 0 radical (unpaired) electrons. The van der Waals surface area contributed by atoms with E-state index in [1.54, 1.807) is 7.11 Å². The molecule has 1 saturated carbocycles. The number of nitrogens with one attached hydrogen (secondary N) is 2. The molecule has 7 nitrogen and oxygen atoms in total. The summed E-state index contributed by atoms with van der Waals surface area (Å²) in [6.45, 7) is 4.81. The van der Waals surface area contributed by atoms with Crippen LogP contribution in [-0.2, 0) is 15.0 Å². The van der Waals surface area contributed by atoms with E-state index < -0.39 is 11.0 Å². The molecule has 0 bridgehead atoms. The second kappa shape index (κ2) is 9.03. The van der Waals surface area contributed by atoms with Gasteiger partial charge in [0.25, 0.3) is 0 Å². The molecule has 1 aliphatic carbocycles. The third-order valence-corrected chi connectivity index (χ3v) is 6.55. The first-order valence-electron chi connectivity index (χ1n) is 9.80. The summed E-state index contributed by atoms with van der Waals surface area (Å²) >= 11 is 0. The summed E-state index contributed by atoms with van der Waals surface area (Å²) in [6.07, 6.45) is 2.76. The van der Waals surface area contributed by atoms with Gasteiger partial charge in [0.1, 0.15) is 5.75 Å². The average molecular weight is 392 g/mol. The standard InChI is InChI=1S/C20H28N2O4.CH5N/c1-13-4-5-16(26-3)10-17(13)19-8-9-21-14(2)20(19,25)7-6-15(11-19)18(24)22-12-23;1-2/h4-5,10,12,14-15,21,25H,6-9,11H2,1-3H3,(H,22,23,24);2H2,1H3. The molecule has 4 unspecified atom stereocenters. The molecule has 1 aromatic carbocycles.